The third kappa shape index (κ3) is 4.49. The standard InChI is InChI=1S/C25H26N4OS/c1-17-14-24(26-23-13-9-8-12-21(17)23)31-16-25(30)28(4)15-22-18(2)27-29(19(22)3)20-10-6-5-7-11-20/h5-14H,15-16H2,1-4H3. The van der Waals surface area contributed by atoms with Gasteiger partial charge in [0.1, 0.15) is 0 Å². The van der Waals surface area contributed by atoms with Crippen molar-refractivity contribution in [3.8, 4) is 5.69 Å². The zero-order valence-corrected chi connectivity index (χ0v) is 19.1. The van der Waals surface area contributed by atoms with Gasteiger partial charge in [-0.3, -0.25) is 4.79 Å². The Morgan fingerprint density at radius 3 is 2.52 bits per heavy atom. The molecule has 0 saturated heterocycles. The Labute approximate surface area is 187 Å². The molecule has 158 valence electrons. The molecule has 0 unspecified atom stereocenters. The van der Waals surface area contributed by atoms with Gasteiger partial charge in [-0.15, -0.1) is 0 Å². The summed E-state index contributed by atoms with van der Waals surface area (Å²) in [6.45, 7) is 6.67. The number of thioether (sulfide) groups is 1. The van der Waals surface area contributed by atoms with Crippen LogP contribution >= 0.6 is 11.8 Å². The van der Waals surface area contributed by atoms with E-state index in [1.54, 1.807) is 4.90 Å². The number of carbonyl (C=O) groups excluding carboxylic acids is 1. The molecule has 0 N–H and O–H groups in total. The van der Waals surface area contributed by atoms with Crippen LogP contribution < -0.4 is 0 Å². The summed E-state index contributed by atoms with van der Waals surface area (Å²) < 4.78 is 1.94. The van der Waals surface area contributed by atoms with Crippen molar-refractivity contribution in [3.63, 3.8) is 0 Å². The Bertz CT molecular complexity index is 1230. The first kappa shape index (κ1) is 21.1. The predicted octanol–water partition coefficient (Wildman–Crippen LogP) is 5.10. The number of para-hydroxylation sites is 2. The number of pyridine rings is 1. The van der Waals surface area contributed by atoms with Crippen LogP contribution in [-0.2, 0) is 11.3 Å². The zero-order valence-electron chi connectivity index (χ0n) is 18.3. The third-order valence-electron chi connectivity index (χ3n) is 5.51. The van der Waals surface area contributed by atoms with E-state index in [9.17, 15) is 4.79 Å². The van der Waals surface area contributed by atoms with E-state index in [1.807, 2.05) is 67.2 Å². The normalized spacial score (nSPS) is 11.1. The summed E-state index contributed by atoms with van der Waals surface area (Å²) in [6.07, 6.45) is 0. The van der Waals surface area contributed by atoms with Gasteiger partial charge in [0.2, 0.25) is 5.91 Å². The molecule has 4 aromatic rings. The maximum Gasteiger partial charge on any atom is 0.233 e. The summed E-state index contributed by atoms with van der Waals surface area (Å²) in [7, 11) is 1.85. The van der Waals surface area contributed by atoms with Gasteiger partial charge in [-0.1, -0.05) is 48.2 Å². The van der Waals surface area contributed by atoms with Crippen LogP contribution in [0.3, 0.4) is 0 Å². The van der Waals surface area contributed by atoms with E-state index < -0.39 is 0 Å². The monoisotopic (exact) mass is 430 g/mol. The highest BCUT2D eigenvalue weighted by atomic mass is 32.2. The van der Waals surface area contributed by atoms with Crippen LogP contribution in [0.25, 0.3) is 16.6 Å². The number of carbonyl (C=O) groups is 1. The maximum atomic E-state index is 12.8. The number of amides is 1. The van der Waals surface area contributed by atoms with Crippen molar-refractivity contribution in [3.05, 3.63) is 83.2 Å². The molecular formula is C25H26N4OS. The minimum absolute atomic E-state index is 0.0730. The second-order valence-electron chi connectivity index (χ2n) is 7.73. The van der Waals surface area contributed by atoms with Gasteiger partial charge in [0.25, 0.3) is 0 Å². The minimum atomic E-state index is 0.0730. The van der Waals surface area contributed by atoms with Crippen LogP contribution in [0.1, 0.15) is 22.5 Å². The zero-order chi connectivity index (χ0) is 22.0. The van der Waals surface area contributed by atoms with Crippen LogP contribution in [0, 0.1) is 20.8 Å². The topological polar surface area (TPSA) is 51.0 Å². The van der Waals surface area contributed by atoms with Crippen LogP contribution in [0.5, 0.6) is 0 Å². The fourth-order valence-corrected chi connectivity index (χ4v) is 4.60. The van der Waals surface area contributed by atoms with E-state index in [0.717, 1.165) is 38.6 Å². The molecule has 1 amide bonds. The molecule has 6 heteroatoms. The molecular weight excluding hydrogens is 404 g/mol. The Morgan fingerprint density at radius 1 is 1.03 bits per heavy atom. The molecule has 2 heterocycles. The Balaban J connectivity index is 1.44. The number of rotatable bonds is 6. The molecule has 0 aliphatic heterocycles. The molecule has 2 aromatic heterocycles. The summed E-state index contributed by atoms with van der Waals surface area (Å²) in [5, 5.41) is 6.72. The highest BCUT2D eigenvalue weighted by Crippen LogP contribution is 2.24. The number of aromatic nitrogens is 3. The Morgan fingerprint density at radius 2 is 1.74 bits per heavy atom. The average Bonchev–Trinajstić information content (AvgIpc) is 3.06. The largest absolute Gasteiger partial charge is 0.341 e. The van der Waals surface area contributed by atoms with Crippen LogP contribution in [0.2, 0.25) is 0 Å². The van der Waals surface area contributed by atoms with Gasteiger partial charge < -0.3 is 4.90 Å². The van der Waals surface area contributed by atoms with Crippen molar-refractivity contribution in [1.29, 1.82) is 0 Å². The number of benzene rings is 2. The number of hydrogen-bond acceptors (Lipinski definition) is 4. The van der Waals surface area contributed by atoms with Crippen molar-refractivity contribution < 1.29 is 4.79 Å². The molecule has 0 fully saturated rings. The fourth-order valence-electron chi connectivity index (χ4n) is 3.69. The van der Waals surface area contributed by atoms with E-state index in [-0.39, 0.29) is 5.91 Å². The number of hydrogen-bond donors (Lipinski definition) is 0. The lowest BCUT2D eigenvalue weighted by atomic mass is 10.1. The second-order valence-corrected chi connectivity index (χ2v) is 8.73. The van der Waals surface area contributed by atoms with E-state index in [1.165, 1.54) is 17.3 Å². The molecule has 0 atom stereocenters. The Kier molecular flexibility index (Phi) is 6.09. The van der Waals surface area contributed by atoms with Gasteiger partial charge in [0, 0.05) is 30.2 Å². The number of aryl methyl sites for hydroxylation is 2. The van der Waals surface area contributed by atoms with Gasteiger partial charge in [0.15, 0.2) is 0 Å². The van der Waals surface area contributed by atoms with Crippen molar-refractivity contribution in [1.82, 2.24) is 19.7 Å². The van der Waals surface area contributed by atoms with Crippen LogP contribution in [0.4, 0.5) is 0 Å². The van der Waals surface area contributed by atoms with Crippen molar-refractivity contribution >= 4 is 28.6 Å². The first-order valence-corrected chi connectivity index (χ1v) is 11.3. The van der Waals surface area contributed by atoms with Gasteiger partial charge >= 0.3 is 0 Å². The smallest absolute Gasteiger partial charge is 0.233 e. The lowest BCUT2D eigenvalue weighted by Crippen LogP contribution is -2.28. The molecule has 0 bridgehead atoms. The molecule has 0 aliphatic rings. The molecule has 4 rings (SSSR count). The molecule has 0 saturated carbocycles. The van der Waals surface area contributed by atoms with Crippen molar-refractivity contribution in [2.24, 2.45) is 0 Å². The van der Waals surface area contributed by atoms with E-state index in [4.69, 9.17) is 4.98 Å². The fraction of sp³-hybridized carbons (Fsp3) is 0.240. The van der Waals surface area contributed by atoms with Gasteiger partial charge in [-0.05, 0) is 50.6 Å². The lowest BCUT2D eigenvalue weighted by molar-refractivity contribution is -0.127. The molecule has 5 nitrogen and oxygen atoms in total. The van der Waals surface area contributed by atoms with Gasteiger partial charge in [-0.25, -0.2) is 9.67 Å². The summed E-state index contributed by atoms with van der Waals surface area (Å²) in [4.78, 5) is 19.3. The lowest BCUT2D eigenvalue weighted by Gasteiger charge is -2.17. The minimum Gasteiger partial charge on any atom is -0.341 e. The number of fused-ring (bicyclic) bond motifs is 1. The highest BCUT2D eigenvalue weighted by Gasteiger charge is 2.17. The number of nitrogens with zero attached hydrogens (tertiary/aromatic N) is 4. The van der Waals surface area contributed by atoms with E-state index in [0.29, 0.717) is 12.3 Å². The highest BCUT2D eigenvalue weighted by molar-refractivity contribution is 7.99. The van der Waals surface area contributed by atoms with Gasteiger partial charge in [0.05, 0.1) is 27.7 Å². The maximum absolute atomic E-state index is 12.8. The molecule has 2 aromatic carbocycles. The molecule has 31 heavy (non-hydrogen) atoms. The molecule has 0 radical (unpaired) electrons. The van der Waals surface area contributed by atoms with Crippen LogP contribution in [-0.4, -0.2) is 38.4 Å². The quantitative estimate of drug-likeness (QED) is 0.400. The molecule has 0 aliphatic carbocycles. The average molecular weight is 431 g/mol. The van der Waals surface area contributed by atoms with Crippen molar-refractivity contribution in [2.45, 2.75) is 32.3 Å². The SMILES string of the molecule is Cc1nn(-c2ccccc2)c(C)c1CN(C)C(=O)CSc1cc(C)c2ccccc2n1. The summed E-state index contributed by atoms with van der Waals surface area (Å²) in [5.74, 6) is 0.426. The molecule has 0 spiro atoms. The Hall–Kier alpha value is -3.12. The summed E-state index contributed by atoms with van der Waals surface area (Å²) in [5.41, 5.74) is 6.25. The van der Waals surface area contributed by atoms with Crippen LogP contribution in [0.15, 0.2) is 65.7 Å². The summed E-state index contributed by atoms with van der Waals surface area (Å²) in [6, 6.07) is 20.2. The van der Waals surface area contributed by atoms with E-state index in [2.05, 4.69) is 31.1 Å². The van der Waals surface area contributed by atoms with E-state index >= 15 is 0 Å². The predicted molar refractivity (Wildman–Crippen MR) is 127 cm³/mol. The second kappa shape index (κ2) is 8.94. The van der Waals surface area contributed by atoms with Crippen molar-refractivity contribution in [2.75, 3.05) is 12.8 Å². The first-order chi connectivity index (χ1) is 14.9. The van der Waals surface area contributed by atoms with Gasteiger partial charge in [-0.2, -0.15) is 5.10 Å². The third-order valence-corrected chi connectivity index (χ3v) is 6.40. The first-order valence-electron chi connectivity index (χ1n) is 10.3. The summed E-state index contributed by atoms with van der Waals surface area (Å²) >= 11 is 1.48.